The summed E-state index contributed by atoms with van der Waals surface area (Å²) >= 11 is 0. The van der Waals surface area contributed by atoms with E-state index in [9.17, 15) is 10.1 Å². The largest absolute Gasteiger partial charge is 0.393 e. The van der Waals surface area contributed by atoms with Gasteiger partial charge in [0.15, 0.2) is 0 Å². The summed E-state index contributed by atoms with van der Waals surface area (Å²) in [5, 5.41) is 10.7. The van der Waals surface area contributed by atoms with Crippen LogP contribution in [0.4, 0.5) is 17.1 Å². The summed E-state index contributed by atoms with van der Waals surface area (Å²) in [6.45, 7) is 4.01. The van der Waals surface area contributed by atoms with Crippen molar-refractivity contribution < 1.29 is 4.92 Å². The van der Waals surface area contributed by atoms with Crippen LogP contribution >= 0.6 is 0 Å². The lowest BCUT2D eigenvalue weighted by molar-refractivity contribution is -0.383. The molecule has 0 saturated heterocycles. The van der Waals surface area contributed by atoms with Crippen molar-refractivity contribution in [1.82, 2.24) is 0 Å². The van der Waals surface area contributed by atoms with Crippen LogP contribution in [0.3, 0.4) is 0 Å². The van der Waals surface area contributed by atoms with Crippen LogP contribution in [0.2, 0.25) is 0 Å². The van der Waals surface area contributed by atoms with Crippen LogP contribution in [0.15, 0.2) is 18.2 Å². The summed E-state index contributed by atoms with van der Waals surface area (Å²) in [4.78, 5) is 12.5. The van der Waals surface area contributed by atoms with E-state index >= 15 is 0 Å². The SMILES string of the molecule is CCN(CC1CCC1)c1ccc([N+](=O)[O-])c(N)c1. The van der Waals surface area contributed by atoms with E-state index in [-0.39, 0.29) is 11.4 Å². The van der Waals surface area contributed by atoms with Crippen molar-refractivity contribution in [1.29, 1.82) is 0 Å². The van der Waals surface area contributed by atoms with E-state index in [2.05, 4.69) is 11.8 Å². The Morgan fingerprint density at radius 1 is 1.50 bits per heavy atom. The third-order valence-corrected chi connectivity index (χ3v) is 3.66. The third-order valence-electron chi connectivity index (χ3n) is 3.66. The fourth-order valence-corrected chi connectivity index (χ4v) is 2.31. The number of nitro groups is 1. The summed E-state index contributed by atoms with van der Waals surface area (Å²) in [6, 6.07) is 4.99. The van der Waals surface area contributed by atoms with Gasteiger partial charge in [0.05, 0.1) is 4.92 Å². The molecule has 0 radical (unpaired) electrons. The Hall–Kier alpha value is -1.78. The molecule has 2 rings (SSSR count). The molecule has 0 unspecified atom stereocenters. The first-order valence-electron chi connectivity index (χ1n) is 6.40. The minimum atomic E-state index is -0.443. The molecule has 1 saturated carbocycles. The van der Waals surface area contributed by atoms with E-state index in [4.69, 9.17) is 5.73 Å². The Bertz CT molecular complexity index is 444. The standard InChI is InChI=1S/C13H19N3O2/c1-2-15(9-10-4-3-5-10)11-6-7-13(16(17)18)12(14)8-11/h6-8,10H,2-5,9,14H2,1H3. The Balaban J connectivity index is 2.14. The second-order valence-corrected chi connectivity index (χ2v) is 4.84. The number of nitrogen functional groups attached to an aromatic ring is 1. The van der Waals surface area contributed by atoms with E-state index < -0.39 is 4.92 Å². The van der Waals surface area contributed by atoms with Crippen molar-refractivity contribution in [3.05, 3.63) is 28.3 Å². The van der Waals surface area contributed by atoms with Crippen molar-refractivity contribution in [3.63, 3.8) is 0 Å². The first-order valence-corrected chi connectivity index (χ1v) is 6.40. The van der Waals surface area contributed by atoms with Gasteiger partial charge in [-0.25, -0.2) is 0 Å². The average molecular weight is 249 g/mol. The van der Waals surface area contributed by atoms with Crippen LogP contribution in [0.5, 0.6) is 0 Å². The lowest BCUT2D eigenvalue weighted by Crippen LogP contribution is -2.32. The lowest BCUT2D eigenvalue weighted by Gasteiger charge is -2.33. The highest BCUT2D eigenvalue weighted by molar-refractivity contribution is 5.66. The highest BCUT2D eigenvalue weighted by atomic mass is 16.6. The zero-order valence-corrected chi connectivity index (χ0v) is 10.6. The topological polar surface area (TPSA) is 72.4 Å². The lowest BCUT2D eigenvalue weighted by atomic mass is 9.85. The molecule has 98 valence electrons. The van der Waals surface area contributed by atoms with Gasteiger partial charge in [-0.2, -0.15) is 0 Å². The maximum Gasteiger partial charge on any atom is 0.292 e. The van der Waals surface area contributed by atoms with E-state index in [1.807, 2.05) is 0 Å². The van der Waals surface area contributed by atoms with Gasteiger partial charge in [0.2, 0.25) is 0 Å². The quantitative estimate of drug-likeness (QED) is 0.494. The number of rotatable bonds is 5. The van der Waals surface area contributed by atoms with E-state index in [1.54, 1.807) is 12.1 Å². The normalized spacial score (nSPS) is 15.2. The van der Waals surface area contributed by atoms with Gasteiger partial charge < -0.3 is 10.6 Å². The number of nitrogens with two attached hydrogens (primary N) is 1. The predicted molar refractivity (Wildman–Crippen MR) is 72.7 cm³/mol. The second-order valence-electron chi connectivity index (χ2n) is 4.84. The van der Waals surface area contributed by atoms with Gasteiger partial charge in [0, 0.05) is 24.8 Å². The molecule has 0 bridgehead atoms. The van der Waals surface area contributed by atoms with Crippen LogP contribution in [-0.2, 0) is 0 Å². The van der Waals surface area contributed by atoms with Crippen molar-refractivity contribution in [2.24, 2.45) is 5.92 Å². The fourth-order valence-electron chi connectivity index (χ4n) is 2.31. The van der Waals surface area contributed by atoms with Crippen molar-refractivity contribution in [2.75, 3.05) is 23.7 Å². The molecule has 0 atom stereocenters. The van der Waals surface area contributed by atoms with Crippen molar-refractivity contribution in [2.45, 2.75) is 26.2 Å². The molecule has 5 nitrogen and oxygen atoms in total. The molecule has 2 N–H and O–H groups in total. The third kappa shape index (κ3) is 2.55. The summed E-state index contributed by atoms with van der Waals surface area (Å²) in [5.41, 5.74) is 6.93. The highest BCUT2D eigenvalue weighted by Crippen LogP contribution is 2.31. The monoisotopic (exact) mass is 249 g/mol. The number of benzene rings is 1. The highest BCUT2D eigenvalue weighted by Gasteiger charge is 2.21. The minimum Gasteiger partial charge on any atom is -0.393 e. The molecule has 0 heterocycles. The Morgan fingerprint density at radius 2 is 2.22 bits per heavy atom. The van der Waals surface area contributed by atoms with Crippen LogP contribution in [0, 0.1) is 16.0 Å². The number of anilines is 2. The fraction of sp³-hybridized carbons (Fsp3) is 0.538. The number of nitrogens with zero attached hydrogens (tertiary/aromatic N) is 2. The molecule has 18 heavy (non-hydrogen) atoms. The summed E-state index contributed by atoms with van der Waals surface area (Å²) in [6.07, 6.45) is 3.91. The molecule has 0 spiro atoms. The van der Waals surface area contributed by atoms with Crippen molar-refractivity contribution in [3.8, 4) is 0 Å². The van der Waals surface area contributed by atoms with Crippen LogP contribution < -0.4 is 10.6 Å². The van der Waals surface area contributed by atoms with Crippen molar-refractivity contribution >= 4 is 17.1 Å². The molecule has 0 amide bonds. The van der Waals surface area contributed by atoms with Gasteiger partial charge in [0.1, 0.15) is 5.69 Å². The van der Waals surface area contributed by atoms with E-state index in [0.717, 1.165) is 24.7 Å². The molecular formula is C13H19N3O2. The predicted octanol–water partition coefficient (Wildman–Crippen LogP) is 2.80. The molecule has 1 aromatic rings. The number of hydrogen-bond acceptors (Lipinski definition) is 4. The average Bonchev–Trinajstić information content (AvgIpc) is 2.27. The van der Waals surface area contributed by atoms with Gasteiger partial charge in [-0.15, -0.1) is 0 Å². The van der Waals surface area contributed by atoms with Gasteiger partial charge >= 0.3 is 0 Å². The molecule has 1 fully saturated rings. The molecule has 0 aromatic heterocycles. The first kappa shape index (κ1) is 12.7. The number of hydrogen-bond donors (Lipinski definition) is 1. The first-order chi connectivity index (χ1) is 8.61. The zero-order chi connectivity index (χ0) is 13.1. The zero-order valence-electron chi connectivity index (χ0n) is 10.6. The van der Waals surface area contributed by atoms with Gasteiger partial charge in [-0.3, -0.25) is 10.1 Å². The van der Waals surface area contributed by atoms with Crippen LogP contribution in [0.1, 0.15) is 26.2 Å². The van der Waals surface area contributed by atoms with Gasteiger partial charge in [-0.05, 0) is 37.8 Å². The molecule has 1 aromatic carbocycles. The van der Waals surface area contributed by atoms with Gasteiger partial charge in [0.25, 0.3) is 5.69 Å². The maximum atomic E-state index is 10.7. The molecule has 1 aliphatic rings. The molecular weight excluding hydrogens is 230 g/mol. The molecule has 1 aliphatic carbocycles. The van der Waals surface area contributed by atoms with E-state index in [1.165, 1.54) is 25.3 Å². The Labute approximate surface area is 107 Å². The second kappa shape index (κ2) is 5.25. The number of nitro benzene ring substituents is 1. The van der Waals surface area contributed by atoms with E-state index in [0.29, 0.717) is 0 Å². The summed E-state index contributed by atoms with van der Waals surface area (Å²) in [5.74, 6) is 0.765. The van der Waals surface area contributed by atoms with Crippen LogP contribution in [-0.4, -0.2) is 18.0 Å². The smallest absolute Gasteiger partial charge is 0.292 e. The van der Waals surface area contributed by atoms with Gasteiger partial charge in [-0.1, -0.05) is 6.42 Å². The Morgan fingerprint density at radius 3 is 2.67 bits per heavy atom. The maximum absolute atomic E-state index is 10.7. The minimum absolute atomic E-state index is 0.0153. The van der Waals surface area contributed by atoms with Crippen LogP contribution in [0.25, 0.3) is 0 Å². The molecule has 5 heteroatoms. The summed E-state index contributed by atoms with van der Waals surface area (Å²) < 4.78 is 0. The Kier molecular flexibility index (Phi) is 3.69. The summed E-state index contributed by atoms with van der Waals surface area (Å²) in [7, 11) is 0. The molecule has 0 aliphatic heterocycles.